The first-order valence-corrected chi connectivity index (χ1v) is 11.3. The molecule has 0 spiro atoms. The van der Waals surface area contributed by atoms with Crippen LogP contribution in [-0.2, 0) is 13.1 Å². The Morgan fingerprint density at radius 3 is 2.55 bits per heavy atom. The summed E-state index contributed by atoms with van der Waals surface area (Å²) in [6.07, 6.45) is 7.66. The van der Waals surface area contributed by atoms with E-state index in [1.807, 2.05) is 42.7 Å². The van der Waals surface area contributed by atoms with Crippen LogP contribution in [0.3, 0.4) is 0 Å². The lowest BCUT2D eigenvalue weighted by Crippen LogP contribution is -2.30. The summed E-state index contributed by atoms with van der Waals surface area (Å²) in [5, 5.41) is 4.26. The van der Waals surface area contributed by atoms with Crippen LogP contribution >= 0.6 is 12.2 Å². The van der Waals surface area contributed by atoms with E-state index in [1.165, 1.54) is 5.69 Å². The number of pyridine rings is 2. The summed E-state index contributed by atoms with van der Waals surface area (Å²) in [5.74, 6) is 0.842. The molecule has 0 saturated carbocycles. The number of methoxy groups -OCH3 is 1. The van der Waals surface area contributed by atoms with Crippen LogP contribution in [0.1, 0.15) is 34.6 Å². The Morgan fingerprint density at radius 1 is 0.939 bits per heavy atom. The van der Waals surface area contributed by atoms with E-state index in [0.29, 0.717) is 6.54 Å². The van der Waals surface area contributed by atoms with Gasteiger partial charge in [-0.05, 0) is 65.8 Å². The largest absolute Gasteiger partial charge is 0.497 e. The zero-order valence-electron chi connectivity index (χ0n) is 18.3. The second kappa shape index (κ2) is 9.42. The summed E-state index contributed by atoms with van der Waals surface area (Å²) in [7, 11) is 1.68. The Labute approximate surface area is 198 Å². The molecule has 166 valence electrons. The van der Waals surface area contributed by atoms with Crippen LogP contribution in [0.4, 0.5) is 0 Å². The van der Waals surface area contributed by atoms with Crippen molar-refractivity contribution in [2.75, 3.05) is 7.11 Å². The summed E-state index contributed by atoms with van der Waals surface area (Å²) in [4.78, 5) is 11.2. The third-order valence-corrected chi connectivity index (χ3v) is 6.31. The highest BCUT2D eigenvalue weighted by Crippen LogP contribution is 2.39. The lowest BCUT2D eigenvalue weighted by Gasteiger charge is -2.29. The molecule has 0 radical (unpaired) electrons. The van der Waals surface area contributed by atoms with Crippen LogP contribution in [-0.4, -0.2) is 31.7 Å². The van der Waals surface area contributed by atoms with Gasteiger partial charge in [0.15, 0.2) is 5.11 Å². The quantitative estimate of drug-likeness (QED) is 0.414. The van der Waals surface area contributed by atoms with Gasteiger partial charge in [-0.3, -0.25) is 9.97 Å². The highest BCUT2D eigenvalue weighted by molar-refractivity contribution is 7.80. The highest BCUT2D eigenvalue weighted by atomic mass is 32.1. The maximum absolute atomic E-state index is 5.83. The molecule has 1 N–H and O–H groups in total. The Morgan fingerprint density at radius 2 is 1.82 bits per heavy atom. The predicted molar refractivity (Wildman–Crippen MR) is 132 cm³/mol. The number of nitrogens with one attached hydrogen (secondary N) is 1. The number of rotatable bonds is 7. The molecule has 0 aliphatic carbocycles. The van der Waals surface area contributed by atoms with Crippen molar-refractivity contribution < 1.29 is 4.74 Å². The van der Waals surface area contributed by atoms with E-state index < -0.39 is 0 Å². The van der Waals surface area contributed by atoms with Gasteiger partial charge < -0.3 is 19.5 Å². The number of thiocarbonyl (C=S) groups is 1. The van der Waals surface area contributed by atoms with Crippen molar-refractivity contribution in [3.63, 3.8) is 0 Å². The van der Waals surface area contributed by atoms with Gasteiger partial charge in [-0.2, -0.15) is 0 Å². The molecule has 6 nitrogen and oxygen atoms in total. The number of ether oxygens (including phenoxy) is 1. The molecule has 1 aliphatic heterocycles. The van der Waals surface area contributed by atoms with Crippen molar-refractivity contribution in [3.05, 3.63) is 114 Å². The van der Waals surface area contributed by atoms with Gasteiger partial charge in [0.1, 0.15) is 5.75 Å². The van der Waals surface area contributed by atoms with Crippen LogP contribution in [0.15, 0.2) is 91.5 Å². The average Bonchev–Trinajstić information content (AvgIpc) is 3.44. The number of hydrogen-bond donors (Lipinski definition) is 1. The van der Waals surface area contributed by atoms with Gasteiger partial charge in [-0.25, -0.2) is 0 Å². The number of hydrogen-bond acceptors (Lipinski definition) is 4. The van der Waals surface area contributed by atoms with Gasteiger partial charge in [-0.15, -0.1) is 0 Å². The summed E-state index contributed by atoms with van der Waals surface area (Å²) in [5.41, 5.74) is 4.46. The van der Waals surface area contributed by atoms with E-state index in [2.05, 4.69) is 67.3 Å². The Balaban J connectivity index is 1.52. The van der Waals surface area contributed by atoms with Crippen LogP contribution in [0.5, 0.6) is 5.75 Å². The summed E-state index contributed by atoms with van der Waals surface area (Å²) < 4.78 is 7.59. The molecule has 1 aromatic carbocycles. The van der Waals surface area contributed by atoms with E-state index in [0.717, 1.165) is 34.2 Å². The second-order valence-electron chi connectivity index (χ2n) is 8.02. The fourth-order valence-corrected chi connectivity index (χ4v) is 4.66. The van der Waals surface area contributed by atoms with Gasteiger partial charge in [-0.1, -0.05) is 24.3 Å². The molecular weight excluding hydrogens is 430 g/mol. The molecular formula is C26H25N5OS. The zero-order chi connectivity index (χ0) is 22.6. The Kier molecular flexibility index (Phi) is 6.04. The van der Waals surface area contributed by atoms with Crippen LogP contribution in [0.25, 0.3) is 0 Å². The monoisotopic (exact) mass is 455 g/mol. The molecule has 1 aliphatic rings. The standard InChI is InChI=1S/C26H25N5OS/c1-32-21-11-9-19(10-12-21)18-31-25(24(29-26(31)33)22-7-2-3-14-28-22)23-8-5-15-30(23)17-20-6-4-13-27-16-20/h2-16,24-25H,17-18H2,1H3,(H,29,33)/t24-,25+/m0/s1. The van der Waals surface area contributed by atoms with Gasteiger partial charge in [0.2, 0.25) is 0 Å². The molecule has 4 aromatic rings. The van der Waals surface area contributed by atoms with Gasteiger partial charge in [0.25, 0.3) is 0 Å². The summed E-state index contributed by atoms with van der Waals surface area (Å²) in [6, 6.07) is 22.4. The number of nitrogens with zero attached hydrogens (tertiary/aromatic N) is 4. The van der Waals surface area contributed by atoms with E-state index in [9.17, 15) is 0 Å². The Hall–Kier alpha value is -3.71. The van der Waals surface area contributed by atoms with E-state index in [1.54, 1.807) is 13.3 Å². The highest BCUT2D eigenvalue weighted by Gasteiger charge is 2.41. The van der Waals surface area contributed by atoms with Crippen molar-refractivity contribution in [1.82, 2.24) is 24.8 Å². The smallest absolute Gasteiger partial charge is 0.170 e. The second-order valence-corrected chi connectivity index (χ2v) is 8.41. The fourth-order valence-electron chi connectivity index (χ4n) is 4.35. The molecule has 0 bridgehead atoms. The minimum absolute atomic E-state index is 0.0128. The number of benzene rings is 1. The molecule has 3 aromatic heterocycles. The SMILES string of the molecule is COc1ccc(CN2C(=S)N[C@@H](c3ccccn3)[C@H]2c2cccn2Cc2cccnc2)cc1. The zero-order valence-corrected chi connectivity index (χ0v) is 19.2. The third kappa shape index (κ3) is 4.45. The molecule has 7 heteroatoms. The topological polar surface area (TPSA) is 55.2 Å². The van der Waals surface area contributed by atoms with Gasteiger partial charge in [0.05, 0.1) is 24.9 Å². The molecule has 4 heterocycles. The van der Waals surface area contributed by atoms with Crippen molar-refractivity contribution in [2.45, 2.75) is 25.2 Å². The lowest BCUT2D eigenvalue weighted by atomic mass is 10.0. The minimum Gasteiger partial charge on any atom is -0.497 e. The van der Waals surface area contributed by atoms with E-state index in [-0.39, 0.29) is 12.1 Å². The van der Waals surface area contributed by atoms with Crippen LogP contribution in [0, 0.1) is 0 Å². The Bertz CT molecular complexity index is 1210. The maximum Gasteiger partial charge on any atom is 0.170 e. The first-order chi connectivity index (χ1) is 16.2. The van der Waals surface area contributed by atoms with E-state index >= 15 is 0 Å². The average molecular weight is 456 g/mol. The molecule has 33 heavy (non-hydrogen) atoms. The van der Waals surface area contributed by atoms with Crippen LogP contribution < -0.4 is 10.1 Å². The molecule has 0 amide bonds. The molecule has 2 atom stereocenters. The molecule has 1 fully saturated rings. The fraction of sp³-hybridized carbons (Fsp3) is 0.192. The lowest BCUT2D eigenvalue weighted by molar-refractivity contribution is 0.298. The van der Waals surface area contributed by atoms with Crippen molar-refractivity contribution in [3.8, 4) is 5.75 Å². The van der Waals surface area contributed by atoms with Gasteiger partial charge >= 0.3 is 0 Å². The molecule has 0 unspecified atom stereocenters. The van der Waals surface area contributed by atoms with Crippen molar-refractivity contribution in [1.29, 1.82) is 0 Å². The number of aromatic nitrogens is 3. The van der Waals surface area contributed by atoms with Gasteiger partial charge in [0, 0.05) is 43.6 Å². The first kappa shape index (κ1) is 21.2. The summed E-state index contributed by atoms with van der Waals surface area (Å²) in [6.45, 7) is 1.42. The van der Waals surface area contributed by atoms with E-state index in [4.69, 9.17) is 17.0 Å². The molecule has 1 saturated heterocycles. The minimum atomic E-state index is -0.0560. The normalized spacial score (nSPS) is 17.7. The third-order valence-electron chi connectivity index (χ3n) is 5.95. The molecule has 5 rings (SSSR count). The predicted octanol–water partition coefficient (Wildman–Crippen LogP) is 4.51. The van der Waals surface area contributed by atoms with Crippen molar-refractivity contribution in [2.24, 2.45) is 0 Å². The summed E-state index contributed by atoms with van der Waals surface area (Å²) >= 11 is 5.83. The van der Waals surface area contributed by atoms with Crippen LogP contribution in [0.2, 0.25) is 0 Å². The first-order valence-electron chi connectivity index (χ1n) is 10.9. The van der Waals surface area contributed by atoms with Crippen molar-refractivity contribution >= 4 is 17.3 Å². The maximum atomic E-state index is 5.83.